The van der Waals surface area contributed by atoms with Crippen molar-refractivity contribution in [2.75, 3.05) is 0 Å². The van der Waals surface area contributed by atoms with Gasteiger partial charge in [0.1, 0.15) is 12.2 Å². The van der Waals surface area contributed by atoms with E-state index >= 15 is 0 Å². The Labute approximate surface area is 207 Å². The molecular weight excluding hydrogens is 442 g/mol. The Balaban J connectivity index is 1.45. The molecule has 0 amide bonds. The van der Waals surface area contributed by atoms with Crippen LogP contribution in [-0.2, 0) is 5.92 Å². The molecule has 0 saturated heterocycles. The summed E-state index contributed by atoms with van der Waals surface area (Å²) in [5.41, 5.74) is 11.2. The highest BCUT2D eigenvalue weighted by atomic mass is 19.3. The van der Waals surface area contributed by atoms with Crippen molar-refractivity contribution >= 4 is 17.9 Å². The van der Waals surface area contributed by atoms with Gasteiger partial charge in [-0.3, -0.25) is 0 Å². The molecule has 4 nitrogen and oxygen atoms in total. The number of aryl methyl sites for hydroxylation is 1. The van der Waals surface area contributed by atoms with Gasteiger partial charge in [-0.05, 0) is 55.9 Å². The number of allylic oxidation sites excluding steroid dienone is 3. The Morgan fingerprint density at radius 2 is 1.89 bits per heavy atom. The predicted octanol–water partition coefficient (Wildman–Crippen LogP) is 7.27. The summed E-state index contributed by atoms with van der Waals surface area (Å²) in [4.78, 5) is 8.40. The van der Waals surface area contributed by atoms with Crippen LogP contribution in [0.4, 0.5) is 14.5 Å². The first-order valence-electron chi connectivity index (χ1n) is 11.9. The minimum atomic E-state index is -2.87. The number of rotatable bonds is 10. The summed E-state index contributed by atoms with van der Waals surface area (Å²) in [5, 5.41) is 3.39. The molecule has 2 aromatic carbocycles. The van der Waals surface area contributed by atoms with E-state index in [1.807, 2.05) is 12.2 Å². The second-order valence-corrected chi connectivity index (χ2v) is 9.17. The van der Waals surface area contributed by atoms with Gasteiger partial charge in [0.25, 0.3) is 5.92 Å². The van der Waals surface area contributed by atoms with Crippen LogP contribution in [0, 0.1) is 12.8 Å². The Bertz CT molecular complexity index is 1120. The van der Waals surface area contributed by atoms with E-state index in [0.717, 1.165) is 37.6 Å². The van der Waals surface area contributed by atoms with Gasteiger partial charge in [-0.25, -0.2) is 18.8 Å². The second kappa shape index (κ2) is 11.7. The highest BCUT2D eigenvalue weighted by Gasteiger charge is 2.23. The van der Waals surface area contributed by atoms with E-state index in [4.69, 9.17) is 5.73 Å². The normalized spacial score (nSPS) is 17.3. The minimum Gasteiger partial charge on any atom is -0.387 e. The predicted molar refractivity (Wildman–Crippen MR) is 142 cm³/mol. The number of nitrogens with zero attached hydrogens (tertiary/aromatic N) is 2. The number of hydrogen-bond donors (Lipinski definition) is 2. The van der Waals surface area contributed by atoms with E-state index in [1.54, 1.807) is 0 Å². The molecule has 35 heavy (non-hydrogen) atoms. The van der Waals surface area contributed by atoms with Gasteiger partial charge in [0, 0.05) is 29.8 Å². The quantitative estimate of drug-likeness (QED) is 0.280. The van der Waals surface area contributed by atoms with Gasteiger partial charge >= 0.3 is 0 Å². The van der Waals surface area contributed by atoms with E-state index in [2.05, 4.69) is 66.1 Å². The van der Waals surface area contributed by atoms with Gasteiger partial charge < -0.3 is 11.1 Å². The maximum Gasteiger partial charge on any atom is 0.270 e. The number of nitrogens with two attached hydrogens (primary N) is 1. The zero-order chi connectivity index (χ0) is 25.4. The fourth-order valence-electron chi connectivity index (χ4n) is 3.75. The van der Waals surface area contributed by atoms with Crippen molar-refractivity contribution in [2.24, 2.45) is 21.6 Å². The minimum absolute atomic E-state index is 0.0250. The molecule has 184 valence electrons. The maximum absolute atomic E-state index is 13.3. The van der Waals surface area contributed by atoms with Crippen LogP contribution >= 0.6 is 0 Å². The lowest BCUT2D eigenvalue weighted by atomic mass is 9.94. The number of amidine groups is 1. The number of alkyl halides is 2. The van der Waals surface area contributed by atoms with Crippen LogP contribution in [0.3, 0.4) is 0 Å². The first kappa shape index (κ1) is 26.1. The Hall–Kier alpha value is -3.54. The summed E-state index contributed by atoms with van der Waals surface area (Å²) >= 11 is 0. The summed E-state index contributed by atoms with van der Waals surface area (Å²) in [6.07, 6.45) is 10.1. The lowest BCUT2D eigenvalue weighted by Crippen LogP contribution is -2.24. The molecule has 0 bridgehead atoms. The molecule has 0 spiro atoms. The van der Waals surface area contributed by atoms with Crippen LogP contribution in [-0.4, -0.2) is 12.2 Å². The first-order valence-corrected chi connectivity index (χ1v) is 11.9. The topological polar surface area (TPSA) is 62.8 Å². The summed E-state index contributed by atoms with van der Waals surface area (Å²) in [5.74, 6) is -1.98. The van der Waals surface area contributed by atoms with Gasteiger partial charge in [-0.15, -0.1) is 0 Å². The van der Waals surface area contributed by atoms with Gasteiger partial charge in [0.05, 0.1) is 5.69 Å². The van der Waals surface area contributed by atoms with Crippen molar-refractivity contribution in [2.45, 2.75) is 51.9 Å². The number of halogens is 2. The molecule has 3 rings (SSSR count). The molecule has 0 aromatic heterocycles. The molecule has 2 atom stereocenters. The van der Waals surface area contributed by atoms with Crippen molar-refractivity contribution in [1.82, 2.24) is 5.32 Å². The summed E-state index contributed by atoms with van der Waals surface area (Å²) < 4.78 is 26.6. The summed E-state index contributed by atoms with van der Waals surface area (Å²) in [7, 11) is 0. The summed E-state index contributed by atoms with van der Waals surface area (Å²) in [6, 6.07) is 14.5. The molecule has 2 unspecified atom stereocenters. The molecule has 0 aliphatic heterocycles. The number of aliphatic imine (C=N–C) groups is 2. The van der Waals surface area contributed by atoms with Crippen LogP contribution in [0.2, 0.25) is 0 Å². The lowest BCUT2D eigenvalue weighted by Gasteiger charge is -2.19. The van der Waals surface area contributed by atoms with Gasteiger partial charge in [-0.1, -0.05) is 67.6 Å². The third kappa shape index (κ3) is 8.02. The fraction of sp³-hybridized carbons (Fsp3) is 0.310. The molecule has 0 fully saturated rings. The van der Waals surface area contributed by atoms with Crippen molar-refractivity contribution in [1.29, 1.82) is 0 Å². The van der Waals surface area contributed by atoms with E-state index in [0.29, 0.717) is 17.4 Å². The fourth-order valence-corrected chi connectivity index (χ4v) is 3.75. The van der Waals surface area contributed by atoms with E-state index in [-0.39, 0.29) is 11.5 Å². The number of hydrogen-bond acceptors (Lipinski definition) is 2. The SMILES string of the molecule is C=C(CCC(C)c1ccc(C)cc1)NC1=CCC(C(N)=NC=Nc2ccc(C(C)(F)F)cc2)C=C1. The van der Waals surface area contributed by atoms with Crippen LogP contribution in [0.5, 0.6) is 0 Å². The average molecular weight is 477 g/mol. The van der Waals surface area contributed by atoms with Crippen molar-refractivity contribution in [3.05, 3.63) is 101 Å². The molecule has 0 radical (unpaired) electrons. The smallest absolute Gasteiger partial charge is 0.270 e. The zero-order valence-electron chi connectivity index (χ0n) is 20.6. The van der Waals surface area contributed by atoms with Crippen molar-refractivity contribution < 1.29 is 8.78 Å². The van der Waals surface area contributed by atoms with Gasteiger partial charge in [0.15, 0.2) is 0 Å². The van der Waals surface area contributed by atoms with Crippen molar-refractivity contribution in [3.8, 4) is 0 Å². The third-order valence-electron chi connectivity index (χ3n) is 6.11. The van der Waals surface area contributed by atoms with Crippen molar-refractivity contribution in [3.63, 3.8) is 0 Å². The van der Waals surface area contributed by atoms with E-state index < -0.39 is 5.92 Å². The van der Waals surface area contributed by atoms with Gasteiger partial charge in [-0.2, -0.15) is 0 Å². The Morgan fingerprint density at radius 1 is 1.20 bits per heavy atom. The molecule has 2 aromatic rings. The molecule has 0 saturated carbocycles. The third-order valence-corrected chi connectivity index (χ3v) is 6.11. The van der Waals surface area contributed by atoms with Crippen LogP contribution in [0.15, 0.2) is 94.7 Å². The Morgan fingerprint density at radius 3 is 2.49 bits per heavy atom. The molecule has 0 heterocycles. The van der Waals surface area contributed by atoms with Gasteiger partial charge in [0.2, 0.25) is 0 Å². The molecule has 3 N–H and O–H groups in total. The van der Waals surface area contributed by atoms with E-state index in [1.165, 1.54) is 41.7 Å². The molecule has 1 aliphatic rings. The van der Waals surface area contributed by atoms with Crippen LogP contribution in [0.25, 0.3) is 0 Å². The molecule has 1 aliphatic carbocycles. The Kier molecular flexibility index (Phi) is 8.74. The van der Waals surface area contributed by atoms with E-state index in [9.17, 15) is 8.78 Å². The maximum atomic E-state index is 13.3. The highest BCUT2D eigenvalue weighted by molar-refractivity contribution is 5.91. The molecule has 6 heteroatoms. The lowest BCUT2D eigenvalue weighted by molar-refractivity contribution is 0.0175. The number of nitrogens with one attached hydrogen (secondary N) is 1. The monoisotopic (exact) mass is 476 g/mol. The number of benzene rings is 2. The second-order valence-electron chi connectivity index (χ2n) is 9.17. The zero-order valence-corrected chi connectivity index (χ0v) is 20.6. The largest absolute Gasteiger partial charge is 0.387 e. The first-order chi connectivity index (χ1) is 16.6. The highest BCUT2D eigenvalue weighted by Crippen LogP contribution is 2.28. The van der Waals surface area contributed by atoms with Crippen LogP contribution in [0.1, 0.15) is 55.7 Å². The summed E-state index contributed by atoms with van der Waals surface area (Å²) in [6.45, 7) is 9.39. The average Bonchev–Trinajstić information content (AvgIpc) is 2.83. The standard InChI is InChI=1S/C29H34F2N4/c1-20-5-9-23(10-6-20)21(2)7-8-22(3)35-27-15-11-24(12-16-27)28(32)34-19-33-26-17-13-25(14-18-26)29(4,30)31/h5-6,9-11,13-19,21,24,35H,3,7-8,12H2,1-2,4H3,(H2,32,33,34). The molecular formula is C29H34F2N4. The van der Waals surface area contributed by atoms with Crippen LogP contribution < -0.4 is 11.1 Å².